The fourth-order valence-corrected chi connectivity index (χ4v) is 4.38. The van der Waals surface area contributed by atoms with E-state index in [0.29, 0.717) is 26.6 Å². The number of halogens is 1. The van der Waals surface area contributed by atoms with Crippen LogP contribution in [0.4, 0.5) is 16.2 Å². The molecule has 0 fully saturated rings. The molecule has 0 radical (unpaired) electrons. The van der Waals surface area contributed by atoms with E-state index in [1.165, 1.54) is 23.3 Å². The fourth-order valence-electron chi connectivity index (χ4n) is 2.56. The summed E-state index contributed by atoms with van der Waals surface area (Å²) in [6, 6.07) is 8.85. The normalized spacial score (nSPS) is 11.1. The summed E-state index contributed by atoms with van der Waals surface area (Å²) in [6.07, 6.45) is -0.554. The first kappa shape index (κ1) is 16.1. The summed E-state index contributed by atoms with van der Waals surface area (Å²) >= 11 is 8.80. The van der Waals surface area contributed by atoms with E-state index >= 15 is 0 Å². The third kappa shape index (κ3) is 2.78. The van der Waals surface area contributed by atoms with Crippen molar-refractivity contribution < 1.29 is 9.53 Å². The molecule has 9 heteroatoms. The SMILES string of the molecule is COC(=O)N(c1ccc2ncsc2c1)c1cc(Cl)c2[nH]c(=O)sc2c1. The first-order valence-electron chi connectivity index (χ1n) is 7.10. The number of H-pyrrole nitrogens is 1. The average molecular weight is 392 g/mol. The maximum absolute atomic E-state index is 12.4. The average Bonchev–Trinajstić information content (AvgIpc) is 3.20. The Bertz CT molecular complexity index is 1160. The molecule has 2 heterocycles. The zero-order chi connectivity index (χ0) is 17.6. The molecule has 126 valence electrons. The van der Waals surface area contributed by atoms with Gasteiger partial charge in [-0.1, -0.05) is 22.9 Å². The van der Waals surface area contributed by atoms with E-state index in [9.17, 15) is 9.59 Å². The van der Waals surface area contributed by atoms with Gasteiger partial charge in [-0.3, -0.25) is 4.79 Å². The summed E-state index contributed by atoms with van der Waals surface area (Å²) in [4.78, 5) is 32.1. The molecule has 1 amide bonds. The van der Waals surface area contributed by atoms with Crippen LogP contribution in [-0.4, -0.2) is 23.2 Å². The highest BCUT2D eigenvalue weighted by atomic mass is 35.5. The van der Waals surface area contributed by atoms with Crippen LogP contribution in [0.15, 0.2) is 40.6 Å². The lowest BCUT2D eigenvalue weighted by Crippen LogP contribution is -2.25. The minimum atomic E-state index is -0.554. The van der Waals surface area contributed by atoms with Crippen molar-refractivity contribution in [2.45, 2.75) is 0 Å². The predicted octanol–water partition coefficient (Wildman–Crippen LogP) is 4.76. The van der Waals surface area contributed by atoms with Gasteiger partial charge in [0.25, 0.3) is 0 Å². The molecule has 0 atom stereocenters. The van der Waals surface area contributed by atoms with Gasteiger partial charge in [0, 0.05) is 0 Å². The number of hydrogen-bond donors (Lipinski definition) is 1. The van der Waals surface area contributed by atoms with E-state index in [1.54, 1.807) is 23.7 Å². The molecule has 4 aromatic rings. The van der Waals surface area contributed by atoms with Gasteiger partial charge in [0.2, 0.25) is 0 Å². The molecule has 2 aromatic heterocycles. The van der Waals surface area contributed by atoms with Gasteiger partial charge < -0.3 is 9.72 Å². The van der Waals surface area contributed by atoms with Crippen molar-refractivity contribution >= 4 is 72.2 Å². The molecule has 25 heavy (non-hydrogen) atoms. The lowest BCUT2D eigenvalue weighted by Gasteiger charge is -2.21. The van der Waals surface area contributed by atoms with Gasteiger partial charge in [-0.25, -0.2) is 14.7 Å². The number of aromatic nitrogens is 2. The molecule has 0 saturated heterocycles. The number of nitrogens with zero attached hydrogens (tertiary/aromatic N) is 2. The van der Waals surface area contributed by atoms with Crippen LogP contribution < -0.4 is 9.77 Å². The standard InChI is InChI=1S/C16H10ClN3O3S2/c1-23-16(22)20(8-2-3-11-12(5-8)24-7-18-11)9-4-10(17)14-13(6-9)25-15(21)19-14/h2-7H,1H3,(H,19,21). The zero-order valence-corrected chi connectivity index (χ0v) is 15.2. The first-order chi connectivity index (χ1) is 12.1. The van der Waals surface area contributed by atoms with Crippen LogP contribution in [0.3, 0.4) is 0 Å². The fraction of sp³-hybridized carbons (Fsp3) is 0.0625. The first-order valence-corrected chi connectivity index (χ1v) is 9.18. The number of hydrogen-bond acceptors (Lipinski definition) is 6. The van der Waals surface area contributed by atoms with E-state index in [1.807, 2.05) is 12.1 Å². The van der Waals surface area contributed by atoms with Crippen molar-refractivity contribution in [1.29, 1.82) is 0 Å². The van der Waals surface area contributed by atoms with Crippen LogP contribution in [0.1, 0.15) is 0 Å². The molecule has 1 N–H and O–H groups in total. The summed E-state index contributed by atoms with van der Waals surface area (Å²) in [7, 11) is 1.31. The third-order valence-electron chi connectivity index (χ3n) is 3.66. The van der Waals surface area contributed by atoms with Gasteiger partial charge in [-0.2, -0.15) is 0 Å². The van der Waals surface area contributed by atoms with Gasteiger partial charge >= 0.3 is 11.0 Å². The van der Waals surface area contributed by atoms with Crippen LogP contribution in [-0.2, 0) is 4.74 Å². The Morgan fingerprint density at radius 2 is 2.04 bits per heavy atom. The minimum absolute atomic E-state index is 0.204. The molecule has 6 nitrogen and oxygen atoms in total. The number of rotatable bonds is 2. The number of anilines is 2. The largest absolute Gasteiger partial charge is 0.452 e. The summed E-state index contributed by atoms with van der Waals surface area (Å²) < 4.78 is 6.55. The Hall–Kier alpha value is -2.42. The second-order valence-electron chi connectivity index (χ2n) is 5.13. The molecule has 2 aromatic carbocycles. The van der Waals surface area contributed by atoms with Gasteiger partial charge in [-0.15, -0.1) is 11.3 Å². The molecule has 0 aliphatic rings. The van der Waals surface area contributed by atoms with Crippen molar-refractivity contribution in [3.05, 3.63) is 50.5 Å². The number of ether oxygens (including phenoxy) is 1. The molecular weight excluding hydrogens is 382 g/mol. The highest BCUT2D eigenvalue weighted by Crippen LogP contribution is 2.35. The monoisotopic (exact) mass is 391 g/mol. The minimum Gasteiger partial charge on any atom is -0.452 e. The summed E-state index contributed by atoms with van der Waals surface area (Å²) in [5.41, 5.74) is 4.31. The number of fused-ring (bicyclic) bond motifs is 2. The van der Waals surface area contributed by atoms with Crippen LogP contribution in [0.5, 0.6) is 0 Å². The summed E-state index contributed by atoms with van der Waals surface area (Å²) in [5, 5.41) is 0.360. The van der Waals surface area contributed by atoms with Crippen LogP contribution in [0, 0.1) is 0 Å². The van der Waals surface area contributed by atoms with Crippen LogP contribution in [0.25, 0.3) is 20.4 Å². The van der Waals surface area contributed by atoms with Gasteiger partial charge in [0.15, 0.2) is 0 Å². The maximum Gasteiger partial charge on any atom is 0.418 e. The van der Waals surface area contributed by atoms with Gasteiger partial charge in [-0.05, 0) is 30.3 Å². The van der Waals surface area contributed by atoms with Crippen molar-refractivity contribution in [1.82, 2.24) is 9.97 Å². The Morgan fingerprint density at radius 1 is 1.24 bits per heavy atom. The molecule has 4 rings (SSSR count). The highest BCUT2D eigenvalue weighted by molar-refractivity contribution is 7.17. The molecule has 0 saturated carbocycles. The second-order valence-corrected chi connectivity index (χ2v) is 7.43. The number of benzene rings is 2. The van der Waals surface area contributed by atoms with Crippen molar-refractivity contribution in [3.63, 3.8) is 0 Å². The molecule has 0 bridgehead atoms. The van der Waals surface area contributed by atoms with Gasteiger partial charge in [0.05, 0.1) is 49.5 Å². The van der Waals surface area contributed by atoms with Crippen LogP contribution >= 0.6 is 34.3 Å². The number of nitrogens with one attached hydrogen (secondary N) is 1. The van der Waals surface area contributed by atoms with Crippen molar-refractivity contribution in [3.8, 4) is 0 Å². The van der Waals surface area contributed by atoms with Crippen molar-refractivity contribution in [2.24, 2.45) is 0 Å². The lowest BCUT2D eigenvalue weighted by atomic mass is 10.2. The summed E-state index contributed by atoms with van der Waals surface area (Å²) in [6.45, 7) is 0. The van der Waals surface area contributed by atoms with Gasteiger partial charge in [0.1, 0.15) is 0 Å². The predicted molar refractivity (Wildman–Crippen MR) is 102 cm³/mol. The van der Waals surface area contributed by atoms with Crippen LogP contribution in [0.2, 0.25) is 5.02 Å². The Morgan fingerprint density at radius 3 is 2.84 bits per heavy atom. The highest BCUT2D eigenvalue weighted by Gasteiger charge is 2.21. The van der Waals surface area contributed by atoms with E-state index in [-0.39, 0.29) is 4.87 Å². The number of amides is 1. The molecule has 0 aliphatic heterocycles. The zero-order valence-electron chi connectivity index (χ0n) is 12.8. The molecule has 0 unspecified atom stereocenters. The molecule has 0 spiro atoms. The topological polar surface area (TPSA) is 75.3 Å². The van der Waals surface area contributed by atoms with E-state index < -0.39 is 6.09 Å². The molecular formula is C16H10ClN3O3S2. The van der Waals surface area contributed by atoms with E-state index in [4.69, 9.17) is 16.3 Å². The quantitative estimate of drug-likeness (QED) is 0.534. The second kappa shape index (κ2) is 6.14. The Balaban J connectivity index is 1.92. The maximum atomic E-state index is 12.4. The van der Waals surface area contributed by atoms with E-state index in [2.05, 4.69) is 9.97 Å². The Labute approximate surface area is 154 Å². The molecule has 0 aliphatic carbocycles. The number of thiazole rings is 2. The smallest absolute Gasteiger partial charge is 0.418 e. The number of aromatic amines is 1. The Kier molecular flexibility index (Phi) is 3.95. The lowest BCUT2D eigenvalue weighted by molar-refractivity contribution is 0.181. The van der Waals surface area contributed by atoms with E-state index in [0.717, 1.165) is 21.6 Å². The number of methoxy groups -OCH3 is 1. The number of carbonyl (C=O) groups excluding carboxylic acids is 1. The third-order valence-corrected chi connectivity index (χ3v) is 5.58. The van der Waals surface area contributed by atoms with Crippen molar-refractivity contribution in [2.75, 3.05) is 12.0 Å². The summed E-state index contributed by atoms with van der Waals surface area (Å²) in [5.74, 6) is 0. The number of carbonyl (C=O) groups is 1.